The Kier molecular flexibility index (Phi) is 5.46. The lowest BCUT2D eigenvalue weighted by atomic mass is 10.00. The van der Waals surface area contributed by atoms with E-state index in [1.54, 1.807) is 0 Å². The molecule has 3 aromatic heterocycles. The second kappa shape index (κ2) is 9.87. The molecule has 0 saturated heterocycles. The van der Waals surface area contributed by atoms with Gasteiger partial charge in [0.15, 0.2) is 5.82 Å². The Labute approximate surface area is 270 Å². The van der Waals surface area contributed by atoms with Crippen LogP contribution in [0.1, 0.15) is 5.56 Å². The highest BCUT2D eigenvalue weighted by molar-refractivity contribution is 6.21. The molecule has 0 unspecified atom stereocenters. The van der Waals surface area contributed by atoms with Gasteiger partial charge in [0.05, 0.1) is 22.1 Å². The summed E-state index contributed by atoms with van der Waals surface area (Å²) in [6.07, 6.45) is 0. The lowest BCUT2D eigenvalue weighted by molar-refractivity contribution is 0.669. The molecule has 0 fully saturated rings. The van der Waals surface area contributed by atoms with Gasteiger partial charge in [0.2, 0.25) is 0 Å². The fourth-order valence-electron chi connectivity index (χ4n) is 7.22. The highest BCUT2D eigenvalue weighted by atomic mass is 16.3. The summed E-state index contributed by atoms with van der Waals surface area (Å²) in [5, 5.41) is 6.93. The van der Waals surface area contributed by atoms with Crippen LogP contribution in [0.25, 0.3) is 93.8 Å². The third-order valence-electron chi connectivity index (χ3n) is 9.45. The van der Waals surface area contributed by atoms with Gasteiger partial charge in [0.25, 0.3) is 0 Å². The van der Waals surface area contributed by atoms with E-state index >= 15 is 0 Å². The van der Waals surface area contributed by atoms with Crippen molar-refractivity contribution >= 4 is 65.6 Å². The Bertz CT molecular complexity index is 2860. The molecule has 10 rings (SSSR count). The Morgan fingerprint density at radius 2 is 1.15 bits per heavy atom. The van der Waals surface area contributed by atoms with E-state index in [9.17, 15) is 0 Å². The molecule has 4 nitrogen and oxygen atoms in total. The molecule has 0 N–H and O–H groups in total. The molecule has 0 radical (unpaired) electrons. The minimum Gasteiger partial charge on any atom is -0.456 e. The van der Waals surface area contributed by atoms with Crippen LogP contribution in [0.5, 0.6) is 0 Å². The van der Waals surface area contributed by atoms with Crippen molar-refractivity contribution in [3.8, 4) is 28.2 Å². The zero-order valence-electron chi connectivity index (χ0n) is 25.6. The van der Waals surface area contributed by atoms with E-state index in [0.717, 1.165) is 77.6 Å². The van der Waals surface area contributed by atoms with E-state index in [1.807, 2.05) is 36.4 Å². The molecule has 47 heavy (non-hydrogen) atoms. The van der Waals surface area contributed by atoms with Crippen LogP contribution in [-0.2, 0) is 0 Å². The maximum absolute atomic E-state index is 6.36. The molecule has 0 aliphatic rings. The molecule has 0 bridgehead atoms. The molecule has 0 amide bonds. The average Bonchev–Trinajstić information content (AvgIpc) is 3.67. The summed E-state index contributed by atoms with van der Waals surface area (Å²) in [7, 11) is 0. The molecule has 0 spiro atoms. The molecule has 0 aliphatic carbocycles. The lowest BCUT2D eigenvalue weighted by Gasteiger charge is -2.16. The van der Waals surface area contributed by atoms with Crippen LogP contribution in [-0.4, -0.2) is 14.5 Å². The van der Waals surface area contributed by atoms with Gasteiger partial charge in [-0.05, 0) is 48.2 Å². The fourth-order valence-corrected chi connectivity index (χ4v) is 7.22. The molecular weight excluding hydrogens is 574 g/mol. The van der Waals surface area contributed by atoms with Crippen LogP contribution in [0.2, 0.25) is 0 Å². The van der Waals surface area contributed by atoms with Gasteiger partial charge in [-0.2, -0.15) is 0 Å². The van der Waals surface area contributed by atoms with Gasteiger partial charge >= 0.3 is 0 Å². The van der Waals surface area contributed by atoms with Crippen molar-refractivity contribution in [1.29, 1.82) is 0 Å². The highest BCUT2D eigenvalue weighted by Crippen LogP contribution is 2.43. The lowest BCUT2D eigenvalue weighted by Crippen LogP contribution is -2.04. The van der Waals surface area contributed by atoms with Crippen LogP contribution in [0, 0.1) is 6.92 Å². The van der Waals surface area contributed by atoms with E-state index < -0.39 is 0 Å². The highest BCUT2D eigenvalue weighted by Gasteiger charge is 2.23. The molecule has 3 heterocycles. The first-order chi connectivity index (χ1) is 23.2. The quantitative estimate of drug-likeness (QED) is 0.202. The normalized spacial score (nSPS) is 11.9. The molecule has 220 valence electrons. The van der Waals surface area contributed by atoms with E-state index in [4.69, 9.17) is 14.4 Å². The number of aryl methyl sites for hydroxylation is 1. The van der Waals surface area contributed by atoms with Crippen LogP contribution < -0.4 is 0 Å². The fraction of sp³-hybridized carbons (Fsp3) is 0.0233. The minimum atomic E-state index is 0.807. The summed E-state index contributed by atoms with van der Waals surface area (Å²) in [5.41, 5.74) is 11.0. The average molecular weight is 602 g/mol. The summed E-state index contributed by atoms with van der Waals surface area (Å²) in [4.78, 5) is 10.7. The first-order valence-electron chi connectivity index (χ1n) is 15.9. The SMILES string of the molecule is Cc1ccc(-c2nc3ccccc3nc2-n2c3c(-c4ccc5c(c4)oc4ccccc45)cccc3c3ccc4ccccc4c32)cc1. The third kappa shape index (κ3) is 3.88. The molecule has 0 aliphatic heterocycles. The second-order valence-electron chi connectivity index (χ2n) is 12.3. The van der Waals surface area contributed by atoms with Crippen molar-refractivity contribution in [3.05, 3.63) is 151 Å². The number of nitrogens with zero attached hydrogens (tertiary/aromatic N) is 3. The Hall–Kier alpha value is -6.26. The van der Waals surface area contributed by atoms with E-state index in [2.05, 4.69) is 121 Å². The number of benzene rings is 7. The zero-order chi connectivity index (χ0) is 31.1. The van der Waals surface area contributed by atoms with E-state index in [-0.39, 0.29) is 0 Å². The number of hydrogen-bond acceptors (Lipinski definition) is 3. The van der Waals surface area contributed by atoms with Crippen molar-refractivity contribution in [1.82, 2.24) is 14.5 Å². The number of hydrogen-bond donors (Lipinski definition) is 0. The first kappa shape index (κ1) is 26.0. The van der Waals surface area contributed by atoms with Gasteiger partial charge in [-0.15, -0.1) is 0 Å². The standard InChI is InChI=1S/C43H27N3O/c1-26-17-19-28(20-18-26)40-43(45-37-15-6-5-14-36(37)44-40)46-41-30-10-3-2-9-27(30)21-24-35(41)34-13-8-12-31(42(34)46)29-22-23-33-32-11-4-7-16-38(32)47-39(33)25-29/h2-25H,1H3. The van der Waals surface area contributed by atoms with Gasteiger partial charge in [0.1, 0.15) is 16.9 Å². The number of fused-ring (bicyclic) bond motifs is 9. The maximum atomic E-state index is 6.36. The smallest absolute Gasteiger partial charge is 0.165 e. The molecule has 4 heteroatoms. The molecule has 10 aromatic rings. The van der Waals surface area contributed by atoms with Crippen molar-refractivity contribution in [2.45, 2.75) is 6.92 Å². The second-order valence-corrected chi connectivity index (χ2v) is 12.3. The molecule has 7 aromatic carbocycles. The van der Waals surface area contributed by atoms with Gasteiger partial charge in [-0.25, -0.2) is 9.97 Å². The van der Waals surface area contributed by atoms with Gasteiger partial charge in [0, 0.05) is 38.1 Å². The largest absolute Gasteiger partial charge is 0.456 e. The van der Waals surface area contributed by atoms with Crippen LogP contribution in [0.3, 0.4) is 0 Å². The summed E-state index contributed by atoms with van der Waals surface area (Å²) >= 11 is 0. The topological polar surface area (TPSA) is 43.9 Å². The number of aromatic nitrogens is 3. The van der Waals surface area contributed by atoms with Crippen molar-refractivity contribution < 1.29 is 4.42 Å². The number of para-hydroxylation sites is 4. The van der Waals surface area contributed by atoms with Gasteiger partial charge < -0.3 is 4.42 Å². The summed E-state index contributed by atoms with van der Waals surface area (Å²) in [5.74, 6) is 0.807. The van der Waals surface area contributed by atoms with Crippen LogP contribution in [0.15, 0.2) is 150 Å². The Morgan fingerprint density at radius 3 is 2.02 bits per heavy atom. The summed E-state index contributed by atoms with van der Waals surface area (Å²) < 4.78 is 8.72. The summed E-state index contributed by atoms with van der Waals surface area (Å²) in [6, 6.07) is 51.2. The van der Waals surface area contributed by atoms with Crippen LogP contribution >= 0.6 is 0 Å². The predicted molar refractivity (Wildman–Crippen MR) is 194 cm³/mol. The monoisotopic (exact) mass is 601 g/mol. The van der Waals surface area contributed by atoms with E-state index in [0.29, 0.717) is 0 Å². The van der Waals surface area contributed by atoms with Crippen LogP contribution in [0.4, 0.5) is 0 Å². The van der Waals surface area contributed by atoms with Crippen molar-refractivity contribution in [2.24, 2.45) is 0 Å². The number of furan rings is 1. The summed E-state index contributed by atoms with van der Waals surface area (Å²) in [6.45, 7) is 2.11. The molecular formula is C43H27N3O. The molecule has 0 atom stereocenters. The van der Waals surface area contributed by atoms with Crippen molar-refractivity contribution in [3.63, 3.8) is 0 Å². The Morgan fingerprint density at radius 1 is 0.489 bits per heavy atom. The maximum Gasteiger partial charge on any atom is 0.165 e. The van der Waals surface area contributed by atoms with Gasteiger partial charge in [-0.1, -0.05) is 121 Å². The minimum absolute atomic E-state index is 0.807. The first-order valence-corrected chi connectivity index (χ1v) is 15.9. The Balaban J connectivity index is 1.38. The molecule has 0 saturated carbocycles. The third-order valence-corrected chi connectivity index (χ3v) is 9.45. The van der Waals surface area contributed by atoms with Crippen molar-refractivity contribution in [2.75, 3.05) is 0 Å². The number of rotatable bonds is 3. The predicted octanol–water partition coefficient (Wildman–Crippen LogP) is 11.4. The van der Waals surface area contributed by atoms with E-state index in [1.165, 1.54) is 21.7 Å². The zero-order valence-corrected chi connectivity index (χ0v) is 25.6. The van der Waals surface area contributed by atoms with Gasteiger partial charge in [-0.3, -0.25) is 4.57 Å².